The SMILES string of the molecule is CNC(=O)c1c(-c2ccc(F)cc2)oc2cc(N(C)S(C)(=O)=O)c(-c3cc(CCO)cc(-c4nc5c(F)cccc5o4)c3)cc12. The minimum absolute atomic E-state index is 0.0578. The first-order chi connectivity index (χ1) is 21.5. The molecule has 0 bridgehead atoms. The molecule has 6 rings (SSSR count). The third-order valence-corrected chi connectivity index (χ3v) is 8.72. The van der Waals surface area contributed by atoms with Crippen molar-refractivity contribution >= 4 is 43.7 Å². The molecule has 45 heavy (non-hydrogen) atoms. The van der Waals surface area contributed by atoms with Gasteiger partial charge in [0.15, 0.2) is 11.4 Å². The van der Waals surface area contributed by atoms with Gasteiger partial charge in [-0.2, -0.15) is 0 Å². The molecule has 230 valence electrons. The molecule has 6 aromatic rings. The molecule has 0 aliphatic carbocycles. The van der Waals surface area contributed by atoms with Crippen molar-refractivity contribution in [3.8, 4) is 33.9 Å². The number of aromatic nitrogens is 1. The topological polar surface area (TPSA) is 126 Å². The van der Waals surface area contributed by atoms with Crippen LogP contribution in [0.2, 0.25) is 0 Å². The summed E-state index contributed by atoms with van der Waals surface area (Å²) in [5, 5.41) is 12.8. The molecule has 0 saturated heterocycles. The van der Waals surface area contributed by atoms with Gasteiger partial charge in [0.25, 0.3) is 5.91 Å². The zero-order valence-electron chi connectivity index (χ0n) is 24.4. The van der Waals surface area contributed by atoms with E-state index in [0.29, 0.717) is 33.2 Å². The Hall–Kier alpha value is -5.07. The zero-order chi connectivity index (χ0) is 32.0. The fraction of sp³-hybridized carbons (Fsp3) is 0.152. The Labute approximate surface area is 256 Å². The maximum atomic E-state index is 14.5. The van der Waals surface area contributed by atoms with Crippen molar-refractivity contribution in [2.24, 2.45) is 0 Å². The molecule has 12 heteroatoms. The molecule has 0 aliphatic rings. The number of amides is 1. The van der Waals surface area contributed by atoms with Crippen LogP contribution < -0.4 is 9.62 Å². The minimum Gasteiger partial charge on any atom is -0.455 e. The van der Waals surface area contributed by atoms with Crippen LogP contribution in [0, 0.1) is 11.6 Å². The predicted octanol–water partition coefficient (Wildman–Crippen LogP) is 6.14. The number of hydrogen-bond donors (Lipinski definition) is 2. The van der Waals surface area contributed by atoms with E-state index in [-0.39, 0.29) is 52.6 Å². The van der Waals surface area contributed by atoms with Crippen LogP contribution in [0.4, 0.5) is 14.5 Å². The van der Waals surface area contributed by atoms with Gasteiger partial charge in [-0.1, -0.05) is 12.1 Å². The molecule has 1 amide bonds. The van der Waals surface area contributed by atoms with Crippen molar-refractivity contribution < 1.29 is 35.9 Å². The molecule has 0 aliphatic heterocycles. The van der Waals surface area contributed by atoms with E-state index in [4.69, 9.17) is 8.83 Å². The summed E-state index contributed by atoms with van der Waals surface area (Å²) in [5.41, 5.74) is 3.45. The van der Waals surface area contributed by atoms with E-state index in [1.807, 2.05) is 0 Å². The highest BCUT2D eigenvalue weighted by atomic mass is 32.2. The summed E-state index contributed by atoms with van der Waals surface area (Å²) < 4.78 is 66.9. The number of oxazole rings is 1. The lowest BCUT2D eigenvalue weighted by Gasteiger charge is -2.21. The van der Waals surface area contributed by atoms with Gasteiger partial charge in [0, 0.05) is 48.8 Å². The van der Waals surface area contributed by atoms with E-state index < -0.39 is 27.6 Å². The fourth-order valence-electron chi connectivity index (χ4n) is 5.24. The van der Waals surface area contributed by atoms with E-state index >= 15 is 0 Å². The number of aliphatic hydroxyl groups excluding tert-OH is 1. The second kappa shape index (κ2) is 11.5. The normalized spacial score (nSPS) is 11.8. The van der Waals surface area contributed by atoms with Crippen LogP contribution in [0.1, 0.15) is 15.9 Å². The molecule has 0 fully saturated rings. The van der Waals surface area contributed by atoms with E-state index in [1.54, 1.807) is 30.3 Å². The number of furan rings is 1. The molecule has 0 spiro atoms. The first kappa shape index (κ1) is 30.0. The van der Waals surface area contributed by atoms with Crippen LogP contribution >= 0.6 is 0 Å². The average Bonchev–Trinajstić information content (AvgIpc) is 3.62. The van der Waals surface area contributed by atoms with E-state index in [1.165, 1.54) is 56.6 Å². The number of hydrogen-bond acceptors (Lipinski definition) is 7. The first-order valence-corrected chi connectivity index (χ1v) is 15.7. The molecule has 0 saturated carbocycles. The maximum absolute atomic E-state index is 14.5. The Bertz CT molecular complexity index is 2210. The second-order valence-corrected chi connectivity index (χ2v) is 12.5. The average molecular weight is 632 g/mol. The predicted molar refractivity (Wildman–Crippen MR) is 167 cm³/mol. The van der Waals surface area contributed by atoms with E-state index in [0.717, 1.165) is 10.6 Å². The van der Waals surface area contributed by atoms with E-state index in [2.05, 4.69) is 10.3 Å². The highest BCUT2D eigenvalue weighted by molar-refractivity contribution is 7.92. The van der Waals surface area contributed by atoms with Gasteiger partial charge in [-0.25, -0.2) is 22.2 Å². The standard InChI is InChI=1S/C33H27F2N3O6S/c1-36-32(40)29-24-16-23(26(38(2)45(3,41)42)17-28(24)43-31(29)19-7-9-22(34)10-8-19)20-13-18(11-12-39)14-21(15-20)33-37-30-25(35)5-4-6-27(30)44-33/h4-10,13-17,39H,11-12H2,1-3H3,(H,36,40). The number of carbonyl (C=O) groups excluding carboxylic acids is 1. The van der Waals surface area contributed by atoms with Crippen molar-refractivity contribution in [1.29, 1.82) is 0 Å². The molecule has 0 unspecified atom stereocenters. The molecule has 0 atom stereocenters. The summed E-state index contributed by atoms with van der Waals surface area (Å²) in [4.78, 5) is 17.6. The molecular formula is C33H27F2N3O6S. The second-order valence-electron chi connectivity index (χ2n) is 10.5. The third-order valence-electron chi connectivity index (χ3n) is 7.52. The molecule has 2 heterocycles. The van der Waals surface area contributed by atoms with Gasteiger partial charge < -0.3 is 19.3 Å². The number of rotatable bonds is 8. The number of benzene rings is 4. The van der Waals surface area contributed by atoms with Crippen LogP contribution in [0.3, 0.4) is 0 Å². The number of nitrogens with one attached hydrogen (secondary N) is 1. The number of nitrogens with zero attached hydrogens (tertiary/aromatic N) is 2. The van der Waals surface area contributed by atoms with Crippen molar-refractivity contribution in [3.63, 3.8) is 0 Å². The number of aliphatic hydroxyl groups is 1. The van der Waals surface area contributed by atoms with Gasteiger partial charge in [0.05, 0.1) is 17.5 Å². The summed E-state index contributed by atoms with van der Waals surface area (Å²) in [5.74, 6) is -1.17. The van der Waals surface area contributed by atoms with E-state index in [9.17, 15) is 27.1 Å². The Morgan fingerprint density at radius 1 is 0.956 bits per heavy atom. The number of fused-ring (bicyclic) bond motifs is 2. The summed E-state index contributed by atoms with van der Waals surface area (Å²) >= 11 is 0. The lowest BCUT2D eigenvalue weighted by Crippen LogP contribution is -2.25. The smallest absolute Gasteiger partial charge is 0.255 e. The maximum Gasteiger partial charge on any atom is 0.255 e. The first-order valence-electron chi connectivity index (χ1n) is 13.8. The third kappa shape index (κ3) is 5.54. The van der Waals surface area contributed by atoms with Gasteiger partial charge in [0.2, 0.25) is 15.9 Å². The largest absolute Gasteiger partial charge is 0.455 e. The lowest BCUT2D eigenvalue weighted by atomic mass is 9.95. The minimum atomic E-state index is -3.78. The summed E-state index contributed by atoms with van der Waals surface area (Å²) in [7, 11) is -0.920. The Kier molecular flexibility index (Phi) is 7.63. The lowest BCUT2D eigenvalue weighted by molar-refractivity contribution is 0.0964. The van der Waals surface area contributed by atoms with Crippen LogP contribution in [0.5, 0.6) is 0 Å². The van der Waals surface area contributed by atoms with Gasteiger partial charge >= 0.3 is 0 Å². The molecule has 0 radical (unpaired) electrons. The Morgan fingerprint density at radius 2 is 1.69 bits per heavy atom. The van der Waals surface area contributed by atoms with Crippen LogP contribution in [0.25, 0.3) is 56.0 Å². The van der Waals surface area contributed by atoms with Crippen LogP contribution in [-0.2, 0) is 16.4 Å². The number of para-hydroxylation sites is 1. The zero-order valence-corrected chi connectivity index (χ0v) is 25.2. The number of sulfonamides is 1. The molecular weight excluding hydrogens is 604 g/mol. The van der Waals surface area contributed by atoms with Gasteiger partial charge in [0.1, 0.15) is 22.7 Å². The molecule has 9 nitrogen and oxygen atoms in total. The van der Waals surface area contributed by atoms with Gasteiger partial charge in [-0.15, -0.1) is 0 Å². The van der Waals surface area contributed by atoms with Crippen molar-refractivity contribution in [1.82, 2.24) is 10.3 Å². The quantitative estimate of drug-likeness (QED) is 0.207. The summed E-state index contributed by atoms with van der Waals surface area (Å²) in [6.07, 6.45) is 1.31. The summed E-state index contributed by atoms with van der Waals surface area (Å²) in [6, 6.07) is 18.3. The monoisotopic (exact) mass is 631 g/mol. The van der Waals surface area contributed by atoms with Crippen molar-refractivity contribution in [2.45, 2.75) is 6.42 Å². The number of carbonyl (C=O) groups is 1. The van der Waals surface area contributed by atoms with Crippen molar-refractivity contribution in [2.75, 3.05) is 31.3 Å². The van der Waals surface area contributed by atoms with Crippen LogP contribution in [-0.4, -0.2) is 51.4 Å². The van der Waals surface area contributed by atoms with Crippen LogP contribution in [0.15, 0.2) is 81.6 Å². The Balaban J connectivity index is 1.65. The molecule has 2 N–H and O–H groups in total. The fourth-order valence-corrected chi connectivity index (χ4v) is 5.75. The van der Waals surface area contributed by atoms with Crippen molar-refractivity contribution in [3.05, 3.63) is 95.6 Å². The van der Waals surface area contributed by atoms with Gasteiger partial charge in [-0.3, -0.25) is 9.10 Å². The highest BCUT2D eigenvalue weighted by Gasteiger charge is 2.26. The number of halogens is 2. The highest BCUT2D eigenvalue weighted by Crippen LogP contribution is 2.42. The summed E-state index contributed by atoms with van der Waals surface area (Å²) in [6.45, 7) is -0.177. The number of anilines is 1. The molecule has 4 aromatic carbocycles. The Morgan fingerprint density at radius 3 is 2.36 bits per heavy atom. The molecule has 2 aromatic heterocycles. The van der Waals surface area contributed by atoms with Gasteiger partial charge in [-0.05, 0) is 72.1 Å².